The summed E-state index contributed by atoms with van der Waals surface area (Å²) in [5.41, 5.74) is 1.99. The number of para-hydroxylation sites is 1. The van der Waals surface area contributed by atoms with Crippen LogP contribution in [0.3, 0.4) is 0 Å². The summed E-state index contributed by atoms with van der Waals surface area (Å²) in [4.78, 5) is 14.9. The molecule has 0 unspecified atom stereocenters. The second kappa shape index (κ2) is 7.18. The SMILES string of the molecule is COc1cc([C@H]2Nc3ccccc3C(=O)N2C2CC2)cc(OC)c1OC(F)F. The molecule has 1 atom stereocenters. The fourth-order valence-corrected chi connectivity index (χ4v) is 3.51. The molecule has 1 fully saturated rings. The van der Waals surface area contributed by atoms with Gasteiger partial charge in [-0.15, -0.1) is 0 Å². The molecule has 8 heteroatoms. The van der Waals surface area contributed by atoms with Crippen LogP contribution in [-0.4, -0.2) is 37.7 Å². The fourth-order valence-electron chi connectivity index (χ4n) is 3.51. The van der Waals surface area contributed by atoms with Crippen LogP contribution in [0.1, 0.15) is 34.9 Å². The number of amides is 1. The van der Waals surface area contributed by atoms with Crippen molar-refractivity contribution in [2.45, 2.75) is 31.7 Å². The number of benzene rings is 2. The molecule has 1 aliphatic carbocycles. The minimum Gasteiger partial charge on any atom is -0.493 e. The Hall–Kier alpha value is -3.03. The van der Waals surface area contributed by atoms with E-state index in [0.717, 1.165) is 18.5 Å². The summed E-state index contributed by atoms with van der Waals surface area (Å²) in [7, 11) is 2.73. The third kappa shape index (κ3) is 3.19. The maximum absolute atomic E-state index is 13.1. The van der Waals surface area contributed by atoms with Crippen molar-refractivity contribution in [2.24, 2.45) is 0 Å². The Kier molecular flexibility index (Phi) is 4.70. The summed E-state index contributed by atoms with van der Waals surface area (Å²) in [5, 5.41) is 3.38. The molecule has 0 bridgehead atoms. The molecule has 1 amide bonds. The first-order chi connectivity index (χ1) is 13.5. The average Bonchev–Trinajstić information content (AvgIpc) is 3.52. The molecule has 1 aliphatic heterocycles. The first-order valence-electron chi connectivity index (χ1n) is 8.92. The summed E-state index contributed by atoms with van der Waals surface area (Å²) < 4.78 is 40.7. The zero-order chi connectivity index (χ0) is 19.8. The number of anilines is 1. The van der Waals surface area contributed by atoms with Crippen LogP contribution in [0, 0.1) is 0 Å². The highest BCUT2D eigenvalue weighted by Crippen LogP contribution is 2.45. The molecule has 148 valence electrons. The number of fused-ring (bicyclic) bond motifs is 1. The summed E-state index contributed by atoms with van der Waals surface area (Å²) >= 11 is 0. The van der Waals surface area contributed by atoms with Gasteiger partial charge in [0.1, 0.15) is 6.17 Å². The van der Waals surface area contributed by atoms with Crippen molar-refractivity contribution in [2.75, 3.05) is 19.5 Å². The number of carbonyl (C=O) groups excluding carboxylic acids is 1. The lowest BCUT2D eigenvalue weighted by atomic mass is 10.0. The number of nitrogens with zero attached hydrogens (tertiary/aromatic N) is 1. The highest BCUT2D eigenvalue weighted by atomic mass is 19.3. The van der Waals surface area contributed by atoms with E-state index in [1.54, 1.807) is 23.1 Å². The molecule has 2 aliphatic rings. The fraction of sp³-hybridized carbons (Fsp3) is 0.350. The van der Waals surface area contributed by atoms with Gasteiger partial charge in [-0.05, 0) is 37.1 Å². The van der Waals surface area contributed by atoms with Crippen LogP contribution in [0.25, 0.3) is 0 Å². The van der Waals surface area contributed by atoms with Crippen LogP contribution in [0.15, 0.2) is 36.4 Å². The van der Waals surface area contributed by atoms with Crippen LogP contribution >= 0.6 is 0 Å². The minimum atomic E-state index is -3.02. The Bertz CT molecular complexity index is 877. The molecule has 0 spiro atoms. The van der Waals surface area contributed by atoms with Crippen molar-refractivity contribution < 1.29 is 27.8 Å². The van der Waals surface area contributed by atoms with E-state index in [0.29, 0.717) is 11.1 Å². The Morgan fingerprint density at radius 3 is 2.32 bits per heavy atom. The van der Waals surface area contributed by atoms with Crippen molar-refractivity contribution >= 4 is 11.6 Å². The Labute approximate surface area is 161 Å². The number of halogens is 2. The Morgan fingerprint density at radius 2 is 1.75 bits per heavy atom. The van der Waals surface area contributed by atoms with Crippen LogP contribution < -0.4 is 19.5 Å². The number of hydrogen-bond acceptors (Lipinski definition) is 5. The van der Waals surface area contributed by atoms with E-state index in [9.17, 15) is 13.6 Å². The molecule has 6 nitrogen and oxygen atoms in total. The van der Waals surface area contributed by atoms with Gasteiger partial charge >= 0.3 is 6.61 Å². The molecule has 4 rings (SSSR count). The highest BCUT2D eigenvalue weighted by Gasteiger charge is 2.42. The largest absolute Gasteiger partial charge is 0.493 e. The first kappa shape index (κ1) is 18.3. The molecule has 0 radical (unpaired) electrons. The molecule has 1 saturated carbocycles. The number of rotatable bonds is 6. The summed E-state index contributed by atoms with van der Waals surface area (Å²) in [6.45, 7) is -3.02. The lowest BCUT2D eigenvalue weighted by Crippen LogP contribution is -2.44. The van der Waals surface area contributed by atoms with Gasteiger partial charge < -0.3 is 24.4 Å². The lowest BCUT2D eigenvalue weighted by molar-refractivity contribution is -0.0526. The van der Waals surface area contributed by atoms with Gasteiger partial charge in [0, 0.05) is 17.3 Å². The second-order valence-corrected chi connectivity index (χ2v) is 6.67. The molecule has 0 aromatic heterocycles. The smallest absolute Gasteiger partial charge is 0.387 e. The van der Waals surface area contributed by atoms with Gasteiger partial charge in [-0.1, -0.05) is 12.1 Å². The number of hydrogen-bond donors (Lipinski definition) is 1. The lowest BCUT2D eigenvalue weighted by Gasteiger charge is -2.38. The van der Waals surface area contributed by atoms with Crippen molar-refractivity contribution in [1.82, 2.24) is 4.90 Å². The van der Waals surface area contributed by atoms with E-state index < -0.39 is 12.8 Å². The molecule has 1 N–H and O–H groups in total. The zero-order valence-electron chi connectivity index (χ0n) is 15.4. The number of nitrogens with one attached hydrogen (secondary N) is 1. The quantitative estimate of drug-likeness (QED) is 0.807. The van der Waals surface area contributed by atoms with Gasteiger partial charge in [0.25, 0.3) is 5.91 Å². The monoisotopic (exact) mass is 390 g/mol. The number of methoxy groups -OCH3 is 2. The van der Waals surface area contributed by atoms with E-state index in [2.05, 4.69) is 10.1 Å². The number of alkyl halides is 2. The average molecular weight is 390 g/mol. The highest BCUT2D eigenvalue weighted by molar-refractivity contribution is 6.02. The minimum absolute atomic E-state index is 0.0623. The summed E-state index contributed by atoms with van der Waals surface area (Å²) in [5.74, 6) is -0.0195. The van der Waals surface area contributed by atoms with Crippen LogP contribution in [0.5, 0.6) is 17.2 Å². The summed E-state index contributed by atoms with van der Waals surface area (Å²) in [6.07, 6.45) is 1.37. The molecule has 0 saturated heterocycles. The van der Waals surface area contributed by atoms with Crippen molar-refractivity contribution in [3.05, 3.63) is 47.5 Å². The Morgan fingerprint density at radius 1 is 1.11 bits per heavy atom. The van der Waals surface area contributed by atoms with Crippen LogP contribution in [0.2, 0.25) is 0 Å². The standard InChI is InChI=1S/C20H20F2N2O4/c1-26-15-9-11(10-16(27-2)17(15)28-20(21)22)18-23-14-6-4-3-5-13(14)19(25)24(18)12-7-8-12/h3-6,9-10,12,18,20,23H,7-8H2,1-2H3/t18-/m0/s1. The molecule has 1 heterocycles. The van der Waals surface area contributed by atoms with Gasteiger partial charge in [-0.25, -0.2) is 0 Å². The predicted molar refractivity (Wildman–Crippen MR) is 98.2 cm³/mol. The number of ether oxygens (including phenoxy) is 3. The maximum Gasteiger partial charge on any atom is 0.387 e. The van der Waals surface area contributed by atoms with E-state index >= 15 is 0 Å². The molecule has 2 aromatic carbocycles. The van der Waals surface area contributed by atoms with Crippen LogP contribution in [0.4, 0.5) is 14.5 Å². The predicted octanol–water partition coefficient (Wildman–Crippen LogP) is 4.03. The van der Waals surface area contributed by atoms with Gasteiger partial charge in [-0.2, -0.15) is 8.78 Å². The summed E-state index contributed by atoms with van der Waals surface area (Å²) in [6, 6.07) is 10.6. The first-order valence-corrected chi connectivity index (χ1v) is 8.92. The Balaban J connectivity index is 1.79. The van der Waals surface area contributed by atoms with E-state index in [1.165, 1.54) is 14.2 Å². The zero-order valence-corrected chi connectivity index (χ0v) is 15.4. The van der Waals surface area contributed by atoms with Crippen molar-refractivity contribution in [3.8, 4) is 17.2 Å². The molecular weight excluding hydrogens is 370 g/mol. The third-order valence-corrected chi connectivity index (χ3v) is 4.91. The van der Waals surface area contributed by atoms with Crippen LogP contribution in [-0.2, 0) is 0 Å². The molecular formula is C20H20F2N2O4. The van der Waals surface area contributed by atoms with Crippen molar-refractivity contribution in [1.29, 1.82) is 0 Å². The van der Waals surface area contributed by atoms with Gasteiger partial charge in [0.15, 0.2) is 11.5 Å². The van der Waals surface area contributed by atoms with Crippen molar-refractivity contribution in [3.63, 3.8) is 0 Å². The van der Waals surface area contributed by atoms with E-state index in [1.807, 2.05) is 18.2 Å². The van der Waals surface area contributed by atoms with Gasteiger partial charge in [0.2, 0.25) is 5.75 Å². The third-order valence-electron chi connectivity index (χ3n) is 4.91. The molecule has 2 aromatic rings. The molecule has 28 heavy (non-hydrogen) atoms. The maximum atomic E-state index is 13.1. The number of carbonyl (C=O) groups is 1. The van der Waals surface area contributed by atoms with Gasteiger partial charge in [0.05, 0.1) is 19.8 Å². The normalized spacial score (nSPS) is 18.5. The van der Waals surface area contributed by atoms with E-state index in [4.69, 9.17) is 9.47 Å². The van der Waals surface area contributed by atoms with E-state index in [-0.39, 0.29) is 29.2 Å². The van der Waals surface area contributed by atoms with Gasteiger partial charge in [-0.3, -0.25) is 4.79 Å². The second-order valence-electron chi connectivity index (χ2n) is 6.67. The topological polar surface area (TPSA) is 60.0 Å².